The van der Waals surface area contributed by atoms with Gasteiger partial charge in [0.2, 0.25) is 5.95 Å². The largest absolute Gasteiger partial charge is 0.367 e. The Morgan fingerprint density at radius 3 is 2.17 bits per heavy atom. The van der Waals surface area contributed by atoms with Gasteiger partial charge in [-0.15, -0.1) is 0 Å². The molecule has 3 aromatic rings. The fourth-order valence-electron chi connectivity index (χ4n) is 3.58. The second-order valence-corrected chi connectivity index (χ2v) is 7.53. The lowest BCUT2D eigenvalue weighted by Crippen LogP contribution is -2.47. The highest BCUT2D eigenvalue weighted by atomic mass is 35.5. The van der Waals surface area contributed by atoms with Crippen LogP contribution in [0.1, 0.15) is 17.2 Å². The molecule has 29 heavy (non-hydrogen) atoms. The molecule has 2 aromatic carbocycles. The topological polar surface area (TPSA) is 41.5 Å². The zero-order valence-corrected chi connectivity index (χ0v) is 17.1. The van der Waals surface area contributed by atoms with Crippen molar-refractivity contribution in [3.8, 4) is 0 Å². The molecule has 1 aliphatic heterocycles. The molecule has 0 radical (unpaired) electrons. The molecule has 5 nitrogen and oxygen atoms in total. The molecule has 6 heteroatoms. The molecule has 1 aromatic heterocycles. The van der Waals surface area contributed by atoms with Gasteiger partial charge in [0.15, 0.2) is 0 Å². The van der Waals surface area contributed by atoms with Gasteiger partial charge >= 0.3 is 0 Å². The molecule has 1 fully saturated rings. The maximum Gasteiger partial charge on any atom is 0.225 e. The van der Waals surface area contributed by atoms with Crippen LogP contribution in [-0.4, -0.2) is 54.2 Å². The lowest BCUT2D eigenvalue weighted by Gasteiger charge is -2.34. The Morgan fingerprint density at radius 2 is 1.48 bits per heavy atom. The minimum Gasteiger partial charge on any atom is -0.367 e. The summed E-state index contributed by atoms with van der Waals surface area (Å²) in [5.41, 5.74) is 2.27. The van der Waals surface area contributed by atoms with Crippen molar-refractivity contribution in [2.24, 2.45) is 0 Å². The molecule has 1 atom stereocenters. The van der Waals surface area contributed by atoms with Gasteiger partial charge in [-0.25, -0.2) is 9.97 Å². The lowest BCUT2D eigenvalue weighted by atomic mass is 10.0. The van der Waals surface area contributed by atoms with Crippen LogP contribution >= 0.6 is 11.6 Å². The van der Waals surface area contributed by atoms with E-state index < -0.39 is 0 Å². The number of ether oxygens (including phenoxy) is 1. The zero-order chi connectivity index (χ0) is 19.9. The Balaban J connectivity index is 1.32. The molecule has 0 amide bonds. The average Bonchev–Trinajstić information content (AvgIpc) is 2.79. The Kier molecular flexibility index (Phi) is 6.72. The molecule has 1 aliphatic rings. The third-order valence-corrected chi connectivity index (χ3v) is 5.43. The van der Waals surface area contributed by atoms with Crippen molar-refractivity contribution in [1.29, 1.82) is 0 Å². The van der Waals surface area contributed by atoms with Gasteiger partial charge in [0, 0.05) is 50.1 Å². The fourth-order valence-corrected chi connectivity index (χ4v) is 3.70. The summed E-state index contributed by atoms with van der Waals surface area (Å²) in [6.07, 6.45) is 3.50. The standard InChI is InChI=1S/C23H25ClN4O/c24-21-9-7-20(8-10-21)22(19-5-2-1-3-6-19)29-18-17-27-13-15-28(16-14-27)23-25-11-4-12-26-23/h1-12,22H,13-18H2. The predicted molar refractivity (Wildman–Crippen MR) is 116 cm³/mol. The van der Waals surface area contributed by atoms with Crippen molar-refractivity contribution in [3.63, 3.8) is 0 Å². The highest BCUT2D eigenvalue weighted by molar-refractivity contribution is 6.30. The van der Waals surface area contributed by atoms with E-state index in [1.165, 1.54) is 0 Å². The highest BCUT2D eigenvalue weighted by Crippen LogP contribution is 2.27. The quantitative estimate of drug-likeness (QED) is 0.589. The van der Waals surface area contributed by atoms with Gasteiger partial charge in [0.25, 0.3) is 0 Å². The van der Waals surface area contributed by atoms with Gasteiger partial charge in [-0.1, -0.05) is 54.1 Å². The van der Waals surface area contributed by atoms with Crippen molar-refractivity contribution in [1.82, 2.24) is 14.9 Å². The van der Waals surface area contributed by atoms with Crippen molar-refractivity contribution in [3.05, 3.63) is 89.2 Å². The molecular weight excluding hydrogens is 384 g/mol. The molecule has 0 saturated carbocycles. The summed E-state index contributed by atoms with van der Waals surface area (Å²) in [6.45, 7) is 5.41. The lowest BCUT2D eigenvalue weighted by molar-refractivity contribution is 0.0586. The Hall–Kier alpha value is -2.47. The van der Waals surface area contributed by atoms with Crippen molar-refractivity contribution in [2.75, 3.05) is 44.2 Å². The van der Waals surface area contributed by atoms with Crippen molar-refractivity contribution < 1.29 is 4.74 Å². The van der Waals surface area contributed by atoms with Crippen LogP contribution < -0.4 is 4.90 Å². The van der Waals surface area contributed by atoms with Crippen molar-refractivity contribution in [2.45, 2.75) is 6.10 Å². The molecule has 150 valence electrons. The van der Waals surface area contributed by atoms with Crippen molar-refractivity contribution >= 4 is 17.5 Å². The summed E-state index contributed by atoms with van der Waals surface area (Å²) in [7, 11) is 0. The summed E-state index contributed by atoms with van der Waals surface area (Å²) in [5, 5.41) is 0.737. The summed E-state index contributed by atoms with van der Waals surface area (Å²) < 4.78 is 6.35. The van der Waals surface area contributed by atoms with E-state index in [9.17, 15) is 0 Å². The van der Waals surface area contributed by atoms with Gasteiger partial charge in [0.05, 0.1) is 6.61 Å². The Bertz CT molecular complexity index is 868. The van der Waals surface area contributed by atoms with Crippen LogP contribution in [0.15, 0.2) is 73.1 Å². The SMILES string of the molecule is Clc1ccc(C(OCCN2CCN(c3ncccn3)CC2)c2ccccc2)cc1. The van der Waals surface area contributed by atoms with Crippen LogP contribution in [-0.2, 0) is 4.74 Å². The number of nitrogens with zero attached hydrogens (tertiary/aromatic N) is 4. The van der Waals surface area contributed by atoms with Gasteiger partial charge in [0.1, 0.15) is 6.10 Å². The van der Waals surface area contributed by atoms with E-state index in [4.69, 9.17) is 16.3 Å². The highest BCUT2D eigenvalue weighted by Gasteiger charge is 2.20. The molecular formula is C23H25ClN4O. The van der Waals surface area contributed by atoms with E-state index in [0.717, 1.165) is 54.8 Å². The number of benzene rings is 2. The summed E-state index contributed by atoms with van der Waals surface area (Å²) >= 11 is 6.06. The van der Waals surface area contributed by atoms with E-state index in [0.29, 0.717) is 6.61 Å². The number of rotatable bonds is 7. The average molecular weight is 409 g/mol. The summed E-state index contributed by atoms with van der Waals surface area (Å²) in [5.74, 6) is 0.815. The molecule has 0 bridgehead atoms. The maximum absolute atomic E-state index is 6.35. The number of piperazine rings is 1. The van der Waals surface area contributed by atoms with E-state index in [1.807, 2.05) is 48.5 Å². The third kappa shape index (κ3) is 5.32. The summed E-state index contributed by atoms with van der Waals surface area (Å²) in [4.78, 5) is 13.4. The fraction of sp³-hybridized carbons (Fsp3) is 0.304. The first kappa shape index (κ1) is 19.8. The van der Waals surface area contributed by atoms with Crippen LogP contribution in [0, 0.1) is 0 Å². The molecule has 4 rings (SSSR count). The molecule has 0 N–H and O–H groups in total. The van der Waals surface area contributed by atoms with Gasteiger partial charge in [-0.3, -0.25) is 4.90 Å². The van der Waals surface area contributed by atoms with E-state index in [-0.39, 0.29) is 6.10 Å². The van der Waals surface area contributed by atoms with Crippen LogP contribution in [0.25, 0.3) is 0 Å². The minimum atomic E-state index is -0.0903. The van der Waals surface area contributed by atoms with Crippen LogP contribution in [0.5, 0.6) is 0 Å². The van der Waals surface area contributed by atoms with Crippen LogP contribution in [0.3, 0.4) is 0 Å². The van der Waals surface area contributed by atoms with Gasteiger partial charge < -0.3 is 9.64 Å². The number of halogens is 1. The smallest absolute Gasteiger partial charge is 0.225 e. The van der Waals surface area contributed by atoms with E-state index in [1.54, 1.807) is 12.4 Å². The second kappa shape index (κ2) is 9.83. The maximum atomic E-state index is 6.35. The normalized spacial score (nSPS) is 16.0. The van der Waals surface area contributed by atoms with E-state index in [2.05, 4.69) is 31.9 Å². The molecule has 0 aliphatic carbocycles. The first-order valence-electron chi connectivity index (χ1n) is 9.96. The molecule has 1 unspecified atom stereocenters. The predicted octanol–water partition coefficient (Wildman–Crippen LogP) is 4.06. The number of hydrogen-bond acceptors (Lipinski definition) is 5. The van der Waals surface area contributed by atoms with E-state index >= 15 is 0 Å². The molecule has 1 saturated heterocycles. The third-order valence-electron chi connectivity index (χ3n) is 5.17. The number of aromatic nitrogens is 2. The molecule has 0 spiro atoms. The number of hydrogen-bond donors (Lipinski definition) is 0. The van der Waals surface area contributed by atoms with Gasteiger partial charge in [-0.05, 0) is 29.3 Å². The minimum absolute atomic E-state index is 0.0903. The van der Waals surface area contributed by atoms with Gasteiger partial charge in [-0.2, -0.15) is 0 Å². The summed E-state index contributed by atoms with van der Waals surface area (Å²) in [6, 6.07) is 20.1. The van der Waals surface area contributed by atoms with Crippen LogP contribution in [0.4, 0.5) is 5.95 Å². The zero-order valence-electron chi connectivity index (χ0n) is 16.3. The monoisotopic (exact) mass is 408 g/mol. The Morgan fingerprint density at radius 1 is 0.828 bits per heavy atom. The van der Waals surface area contributed by atoms with Crippen LogP contribution in [0.2, 0.25) is 5.02 Å². The molecule has 2 heterocycles. The Labute approximate surface area is 176 Å². The number of anilines is 1. The first-order chi connectivity index (χ1) is 14.3. The second-order valence-electron chi connectivity index (χ2n) is 7.09. The first-order valence-corrected chi connectivity index (χ1v) is 10.3.